The van der Waals surface area contributed by atoms with Crippen LogP contribution in [0.25, 0.3) is 10.2 Å². The molecule has 26 heavy (non-hydrogen) atoms. The first-order chi connectivity index (χ1) is 12.7. The van der Waals surface area contributed by atoms with Crippen LogP contribution in [0.4, 0.5) is 0 Å². The molecule has 0 aliphatic heterocycles. The van der Waals surface area contributed by atoms with Gasteiger partial charge in [-0.25, -0.2) is 0 Å². The third-order valence-corrected chi connectivity index (χ3v) is 5.17. The van der Waals surface area contributed by atoms with Crippen molar-refractivity contribution in [3.63, 3.8) is 0 Å². The van der Waals surface area contributed by atoms with Crippen molar-refractivity contribution >= 4 is 43.4 Å². The first kappa shape index (κ1) is 18.8. The molecule has 5 nitrogen and oxygen atoms in total. The van der Waals surface area contributed by atoms with Crippen molar-refractivity contribution < 1.29 is 14.3 Å². The van der Waals surface area contributed by atoms with Gasteiger partial charge < -0.3 is 14.0 Å². The summed E-state index contributed by atoms with van der Waals surface area (Å²) in [5.74, 6) is 0.338. The quantitative estimate of drug-likeness (QED) is 0.527. The molecule has 0 fully saturated rings. The van der Waals surface area contributed by atoms with Gasteiger partial charge in [-0.05, 0) is 37.3 Å². The van der Waals surface area contributed by atoms with Crippen LogP contribution in [0.2, 0.25) is 0 Å². The summed E-state index contributed by atoms with van der Waals surface area (Å²) in [5.41, 5.74) is 1.04. The Morgan fingerprint density at radius 1 is 1.23 bits per heavy atom. The molecule has 136 valence electrons. The van der Waals surface area contributed by atoms with Crippen LogP contribution in [0.1, 0.15) is 6.92 Å². The van der Waals surface area contributed by atoms with Crippen LogP contribution in [-0.2, 0) is 16.1 Å². The summed E-state index contributed by atoms with van der Waals surface area (Å²) in [6, 6.07) is 15.3. The largest absolute Gasteiger partial charge is 0.484 e. The highest BCUT2D eigenvalue weighted by molar-refractivity contribution is 9.10. The number of nitrogens with zero attached hydrogens (tertiary/aromatic N) is 2. The number of fused-ring (bicyclic) bond motifs is 1. The molecular weight excluding hydrogens is 416 g/mol. The standard InChI is InChI=1S/C19H19BrN2O3S/c1-2-24-11-10-22-16-9-8-14(20)12-17(16)26-19(22)21-18(23)13-25-15-6-4-3-5-7-15/h3-9,12H,2,10-11,13H2,1H3. The number of para-hydroxylation sites is 1. The Balaban J connectivity index is 1.85. The van der Waals surface area contributed by atoms with Gasteiger partial charge in [0.25, 0.3) is 5.91 Å². The van der Waals surface area contributed by atoms with Crippen molar-refractivity contribution in [2.75, 3.05) is 19.8 Å². The van der Waals surface area contributed by atoms with Crippen molar-refractivity contribution in [3.05, 3.63) is 57.8 Å². The highest BCUT2D eigenvalue weighted by Gasteiger charge is 2.09. The van der Waals surface area contributed by atoms with Crippen molar-refractivity contribution in [3.8, 4) is 5.75 Å². The van der Waals surface area contributed by atoms with Gasteiger partial charge in [0.1, 0.15) is 5.75 Å². The van der Waals surface area contributed by atoms with Crippen LogP contribution >= 0.6 is 27.3 Å². The highest BCUT2D eigenvalue weighted by atomic mass is 79.9. The Bertz CT molecular complexity index is 950. The Morgan fingerprint density at radius 2 is 2.04 bits per heavy atom. The van der Waals surface area contributed by atoms with Crippen molar-refractivity contribution in [1.29, 1.82) is 0 Å². The molecular formula is C19H19BrN2O3S. The second kappa shape index (κ2) is 9.12. The zero-order chi connectivity index (χ0) is 18.4. The summed E-state index contributed by atoms with van der Waals surface area (Å²) in [6.07, 6.45) is 0. The summed E-state index contributed by atoms with van der Waals surface area (Å²) in [5, 5.41) is 0. The molecule has 0 aliphatic carbocycles. The molecule has 0 radical (unpaired) electrons. The predicted octanol–water partition coefficient (Wildman–Crippen LogP) is 4.01. The normalized spacial score (nSPS) is 11.8. The fraction of sp³-hybridized carbons (Fsp3) is 0.263. The molecule has 0 saturated carbocycles. The molecule has 3 aromatic rings. The molecule has 0 atom stereocenters. The van der Waals surface area contributed by atoms with Crippen LogP contribution in [0, 0.1) is 0 Å². The first-order valence-electron chi connectivity index (χ1n) is 8.29. The summed E-state index contributed by atoms with van der Waals surface area (Å²) in [4.78, 5) is 17.2. The van der Waals surface area contributed by atoms with E-state index < -0.39 is 0 Å². The number of aromatic nitrogens is 1. The van der Waals surface area contributed by atoms with Gasteiger partial charge in [-0.2, -0.15) is 4.99 Å². The van der Waals surface area contributed by atoms with Crippen LogP contribution in [-0.4, -0.2) is 30.3 Å². The highest BCUT2D eigenvalue weighted by Crippen LogP contribution is 2.22. The lowest BCUT2D eigenvalue weighted by molar-refractivity contribution is -0.120. The molecule has 1 aromatic heterocycles. The van der Waals surface area contributed by atoms with Gasteiger partial charge in [-0.15, -0.1) is 0 Å². The fourth-order valence-electron chi connectivity index (χ4n) is 2.45. The minimum Gasteiger partial charge on any atom is -0.484 e. The van der Waals surface area contributed by atoms with E-state index in [9.17, 15) is 4.79 Å². The van der Waals surface area contributed by atoms with E-state index >= 15 is 0 Å². The molecule has 2 aromatic carbocycles. The van der Waals surface area contributed by atoms with Crippen LogP contribution in [0.3, 0.4) is 0 Å². The summed E-state index contributed by atoms with van der Waals surface area (Å²) >= 11 is 4.97. The van der Waals surface area contributed by atoms with Gasteiger partial charge in [0, 0.05) is 17.6 Å². The Morgan fingerprint density at radius 3 is 2.81 bits per heavy atom. The van der Waals surface area contributed by atoms with E-state index in [0.717, 1.165) is 14.7 Å². The number of benzene rings is 2. The minimum absolute atomic E-state index is 0.0899. The third kappa shape index (κ3) is 4.81. The van der Waals surface area contributed by atoms with E-state index in [1.54, 1.807) is 0 Å². The summed E-state index contributed by atoms with van der Waals surface area (Å²) in [6.45, 7) is 3.74. The number of amides is 1. The maximum absolute atomic E-state index is 12.3. The maximum Gasteiger partial charge on any atom is 0.286 e. The minimum atomic E-state index is -0.315. The van der Waals surface area contributed by atoms with E-state index in [-0.39, 0.29) is 12.5 Å². The van der Waals surface area contributed by atoms with Crippen molar-refractivity contribution in [1.82, 2.24) is 4.57 Å². The third-order valence-electron chi connectivity index (χ3n) is 3.63. The number of carbonyl (C=O) groups excluding carboxylic acids is 1. The molecule has 1 amide bonds. The van der Waals surface area contributed by atoms with Gasteiger partial charge in [-0.3, -0.25) is 4.79 Å². The molecule has 0 aliphatic rings. The number of thiazole rings is 1. The van der Waals surface area contributed by atoms with E-state index in [4.69, 9.17) is 9.47 Å². The van der Waals surface area contributed by atoms with Crippen molar-refractivity contribution in [2.45, 2.75) is 13.5 Å². The van der Waals surface area contributed by atoms with Crippen LogP contribution in [0.5, 0.6) is 5.75 Å². The Kier molecular flexibility index (Phi) is 6.60. The topological polar surface area (TPSA) is 52.8 Å². The van der Waals surface area contributed by atoms with Gasteiger partial charge >= 0.3 is 0 Å². The second-order valence-electron chi connectivity index (χ2n) is 5.45. The van der Waals surface area contributed by atoms with Gasteiger partial charge in [0.2, 0.25) is 0 Å². The zero-order valence-corrected chi connectivity index (χ0v) is 16.8. The molecule has 3 rings (SSSR count). The molecule has 1 heterocycles. The maximum atomic E-state index is 12.3. The smallest absolute Gasteiger partial charge is 0.286 e. The van der Waals surface area contributed by atoms with Gasteiger partial charge in [0.15, 0.2) is 11.4 Å². The average Bonchev–Trinajstić information content (AvgIpc) is 2.97. The Labute approximate surface area is 164 Å². The fourth-order valence-corrected chi connectivity index (χ4v) is 4.07. The lowest BCUT2D eigenvalue weighted by Crippen LogP contribution is -2.21. The monoisotopic (exact) mass is 434 g/mol. The van der Waals surface area contributed by atoms with E-state index in [2.05, 4.69) is 20.9 Å². The zero-order valence-electron chi connectivity index (χ0n) is 14.4. The van der Waals surface area contributed by atoms with Gasteiger partial charge in [0.05, 0.1) is 16.8 Å². The summed E-state index contributed by atoms with van der Waals surface area (Å²) in [7, 11) is 0. The lowest BCUT2D eigenvalue weighted by atomic mass is 10.3. The average molecular weight is 435 g/mol. The molecule has 0 spiro atoms. The van der Waals surface area contributed by atoms with Gasteiger partial charge in [-0.1, -0.05) is 45.5 Å². The predicted molar refractivity (Wildman–Crippen MR) is 107 cm³/mol. The second-order valence-corrected chi connectivity index (χ2v) is 7.38. The molecule has 0 unspecified atom stereocenters. The molecule has 0 N–H and O–H groups in total. The molecule has 7 heteroatoms. The van der Waals surface area contributed by atoms with Crippen LogP contribution < -0.4 is 9.54 Å². The number of ether oxygens (including phenoxy) is 2. The van der Waals surface area contributed by atoms with E-state index in [0.29, 0.717) is 30.3 Å². The first-order valence-corrected chi connectivity index (χ1v) is 9.90. The van der Waals surface area contributed by atoms with Crippen LogP contribution in [0.15, 0.2) is 58.0 Å². The molecule has 0 bridgehead atoms. The van der Waals surface area contributed by atoms with Crippen molar-refractivity contribution in [2.24, 2.45) is 4.99 Å². The molecule has 0 saturated heterocycles. The number of halogens is 1. The number of rotatable bonds is 7. The number of hydrogen-bond acceptors (Lipinski definition) is 4. The summed E-state index contributed by atoms with van der Waals surface area (Å²) < 4.78 is 15.0. The van der Waals surface area contributed by atoms with E-state index in [1.807, 2.05) is 60.0 Å². The number of hydrogen-bond donors (Lipinski definition) is 0. The number of carbonyl (C=O) groups is 1. The van der Waals surface area contributed by atoms with E-state index in [1.165, 1.54) is 11.3 Å². The Hall–Kier alpha value is -1.96. The lowest BCUT2D eigenvalue weighted by Gasteiger charge is -2.06. The SMILES string of the molecule is CCOCCn1c(=NC(=O)COc2ccccc2)sc2cc(Br)ccc21.